The van der Waals surface area contributed by atoms with E-state index < -0.39 is 0 Å². The molecule has 1 aliphatic heterocycles. The van der Waals surface area contributed by atoms with E-state index in [1.807, 2.05) is 0 Å². The summed E-state index contributed by atoms with van der Waals surface area (Å²) in [6.45, 7) is 4.69. The Labute approximate surface area is 151 Å². The van der Waals surface area contributed by atoms with E-state index in [1.54, 1.807) is 6.92 Å². The number of aromatic nitrogens is 1. The van der Waals surface area contributed by atoms with Gasteiger partial charge in [-0.05, 0) is 76.5 Å². The number of fused-ring (bicyclic) bond motifs is 1. The van der Waals surface area contributed by atoms with Gasteiger partial charge in [0.2, 0.25) is 0 Å². The molecule has 1 atom stereocenters. The van der Waals surface area contributed by atoms with Crippen LogP contribution in [0.2, 0.25) is 0 Å². The molecule has 3 N–H and O–H groups in total. The van der Waals surface area contributed by atoms with Crippen molar-refractivity contribution in [3.05, 3.63) is 23.4 Å². The van der Waals surface area contributed by atoms with Crippen LogP contribution in [0.3, 0.4) is 0 Å². The zero-order chi connectivity index (χ0) is 17.6. The molecular weight excluding hydrogens is 312 g/mol. The SMILES string of the molecule is CC(=O)[C@@H](N)CCN(CCCCc1ccc2c(n1)NCCC2)C1CC1. The molecule has 1 aliphatic carbocycles. The fraction of sp³-hybridized carbons (Fsp3) is 0.700. The Bertz CT molecular complexity index is 585. The molecule has 0 aromatic carbocycles. The minimum absolute atomic E-state index is 0.0999. The number of carbonyl (C=O) groups excluding carboxylic acids is 1. The van der Waals surface area contributed by atoms with Crippen LogP contribution in [0.25, 0.3) is 0 Å². The Morgan fingerprint density at radius 3 is 2.96 bits per heavy atom. The first kappa shape index (κ1) is 18.3. The van der Waals surface area contributed by atoms with Gasteiger partial charge in [0.15, 0.2) is 0 Å². The summed E-state index contributed by atoms with van der Waals surface area (Å²) >= 11 is 0. The third-order valence-corrected chi connectivity index (χ3v) is 5.39. The smallest absolute Gasteiger partial charge is 0.146 e. The lowest BCUT2D eigenvalue weighted by Crippen LogP contribution is -2.36. The molecule has 1 aromatic rings. The Balaban J connectivity index is 1.39. The third kappa shape index (κ3) is 5.51. The zero-order valence-corrected chi connectivity index (χ0v) is 15.5. The number of nitrogens with two attached hydrogens (primary N) is 1. The van der Waals surface area contributed by atoms with Gasteiger partial charge in [-0.2, -0.15) is 0 Å². The molecule has 5 nitrogen and oxygen atoms in total. The van der Waals surface area contributed by atoms with Gasteiger partial charge in [-0.3, -0.25) is 4.79 Å². The van der Waals surface area contributed by atoms with Gasteiger partial charge in [-0.25, -0.2) is 4.98 Å². The highest BCUT2D eigenvalue weighted by atomic mass is 16.1. The van der Waals surface area contributed by atoms with Crippen molar-refractivity contribution in [2.45, 2.75) is 70.4 Å². The average Bonchev–Trinajstić information content (AvgIpc) is 3.45. The molecule has 0 radical (unpaired) electrons. The summed E-state index contributed by atoms with van der Waals surface area (Å²) in [5.41, 5.74) is 8.44. The van der Waals surface area contributed by atoms with Crippen molar-refractivity contribution in [3.63, 3.8) is 0 Å². The fourth-order valence-electron chi connectivity index (χ4n) is 3.55. The standard InChI is InChI=1S/C20H32N4O/c1-15(25)19(21)11-14-24(18-9-10-18)13-3-2-6-17-8-7-16-5-4-12-22-20(16)23-17/h7-8,18-19H,2-6,9-14,21H2,1H3,(H,22,23)/t19-/m0/s1. The first-order valence-corrected chi connectivity index (χ1v) is 9.86. The predicted molar refractivity (Wildman–Crippen MR) is 102 cm³/mol. The topological polar surface area (TPSA) is 71.2 Å². The number of ketones is 1. The van der Waals surface area contributed by atoms with Crippen LogP contribution < -0.4 is 11.1 Å². The van der Waals surface area contributed by atoms with E-state index in [0.717, 1.165) is 57.2 Å². The van der Waals surface area contributed by atoms with E-state index in [2.05, 4.69) is 22.3 Å². The van der Waals surface area contributed by atoms with Crippen molar-refractivity contribution in [1.29, 1.82) is 0 Å². The highest BCUT2D eigenvalue weighted by Crippen LogP contribution is 2.27. The predicted octanol–water partition coefficient (Wildman–Crippen LogP) is 2.53. The van der Waals surface area contributed by atoms with E-state index in [9.17, 15) is 4.79 Å². The highest BCUT2D eigenvalue weighted by Gasteiger charge is 2.28. The quantitative estimate of drug-likeness (QED) is 0.638. The normalized spacial score (nSPS) is 17.9. The van der Waals surface area contributed by atoms with Gasteiger partial charge in [-0.15, -0.1) is 0 Å². The van der Waals surface area contributed by atoms with Gasteiger partial charge in [0.1, 0.15) is 11.6 Å². The van der Waals surface area contributed by atoms with Gasteiger partial charge < -0.3 is 16.0 Å². The average molecular weight is 345 g/mol. The van der Waals surface area contributed by atoms with E-state index >= 15 is 0 Å². The Morgan fingerprint density at radius 1 is 1.36 bits per heavy atom. The molecule has 1 saturated carbocycles. The Kier molecular flexibility index (Phi) is 6.43. The van der Waals surface area contributed by atoms with Gasteiger partial charge in [-0.1, -0.05) is 6.07 Å². The molecule has 1 aromatic heterocycles. The molecule has 138 valence electrons. The second kappa shape index (κ2) is 8.77. The lowest BCUT2D eigenvalue weighted by Gasteiger charge is -2.23. The Hall–Kier alpha value is -1.46. The minimum atomic E-state index is -0.298. The minimum Gasteiger partial charge on any atom is -0.370 e. The van der Waals surface area contributed by atoms with E-state index in [-0.39, 0.29) is 11.8 Å². The van der Waals surface area contributed by atoms with Crippen molar-refractivity contribution in [2.24, 2.45) is 5.73 Å². The summed E-state index contributed by atoms with van der Waals surface area (Å²) in [6.07, 6.45) is 9.11. The number of carbonyl (C=O) groups is 1. The summed E-state index contributed by atoms with van der Waals surface area (Å²) in [4.78, 5) is 18.6. The summed E-state index contributed by atoms with van der Waals surface area (Å²) in [5, 5.41) is 3.41. The Morgan fingerprint density at radius 2 is 2.20 bits per heavy atom. The maximum absolute atomic E-state index is 11.3. The molecule has 3 rings (SSSR count). The highest BCUT2D eigenvalue weighted by molar-refractivity contribution is 5.81. The summed E-state index contributed by atoms with van der Waals surface area (Å²) in [6, 6.07) is 4.86. The first-order valence-electron chi connectivity index (χ1n) is 9.86. The zero-order valence-electron chi connectivity index (χ0n) is 15.5. The lowest BCUT2D eigenvalue weighted by atomic mass is 10.1. The molecule has 0 spiro atoms. The second-order valence-electron chi connectivity index (χ2n) is 7.57. The van der Waals surface area contributed by atoms with Crippen LogP contribution in [-0.4, -0.2) is 47.4 Å². The van der Waals surface area contributed by atoms with Gasteiger partial charge in [0, 0.05) is 24.8 Å². The molecule has 0 amide bonds. The summed E-state index contributed by atoms with van der Waals surface area (Å²) in [5.74, 6) is 1.20. The number of unbranched alkanes of at least 4 members (excludes halogenated alkanes) is 1. The van der Waals surface area contributed by atoms with E-state index in [1.165, 1.54) is 36.9 Å². The number of nitrogens with zero attached hydrogens (tertiary/aromatic N) is 2. The molecule has 5 heteroatoms. The van der Waals surface area contributed by atoms with Crippen LogP contribution in [-0.2, 0) is 17.6 Å². The van der Waals surface area contributed by atoms with Crippen molar-refractivity contribution in [2.75, 3.05) is 25.0 Å². The number of nitrogens with one attached hydrogen (secondary N) is 1. The first-order chi connectivity index (χ1) is 12.1. The summed E-state index contributed by atoms with van der Waals surface area (Å²) in [7, 11) is 0. The van der Waals surface area contributed by atoms with Gasteiger partial charge in [0.05, 0.1) is 6.04 Å². The molecule has 1 fully saturated rings. The molecule has 25 heavy (non-hydrogen) atoms. The van der Waals surface area contributed by atoms with Crippen molar-refractivity contribution < 1.29 is 4.79 Å². The van der Waals surface area contributed by atoms with Crippen molar-refractivity contribution in [1.82, 2.24) is 9.88 Å². The fourth-order valence-corrected chi connectivity index (χ4v) is 3.55. The molecule has 0 bridgehead atoms. The third-order valence-electron chi connectivity index (χ3n) is 5.39. The van der Waals surface area contributed by atoms with Gasteiger partial charge >= 0.3 is 0 Å². The number of hydrogen-bond acceptors (Lipinski definition) is 5. The maximum atomic E-state index is 11.3. The largest absolute Gasteiger partial charge is 0.370 e. The van der Waals surface area contributed by atoms with Crippen LogP contribution in [0.4, 0.5) is 5.82 Å². The van der Waals surface area contributed by atoms with Crippen LogP contribution >= 0.6 is 0 Å². The second-order valence-corrected chi connectivity index (χ2v) is 7.57. The number of hydrogen-bond donors (Lipinski definition) is 2. The van der Waals surface area contributed by atoms with Crippen molar-refractivity contribution in [3.8, 4) is 0 Å². The van der Waals surface area contributed by atoms with E-state index in [0.29, 0.717) is 0 Å². The number of rotatable bonds is 10. The summed E-state index contributed by atoms with van der Waals surface area (Å²) < 4.78 is 0. The van der Waals surface area contributed by atoms with Crippen LogP contribution in [0.1, 0.15) is 56.7 Å². The molecule has 2 heterocycles. The van der Waals surface area contributed by atoms with Crippen LogP contribution in [0.15, 0.2) is 12.1 Å². The number of anilines is 1. The maximum Gasteiger partial charge on any atom is 0.146 e. The monoisotopic (exact) mass is 344 g/mol. The van der Waals surface area contributed by atoms with Crippen LogP contribution in [0, 0.1) is 0 Å². The molecule has 0 saturated heterocycles. The molecule has 2 aliphatic rings. The lowest BCUT2D eigenvalue weighted by molar-refractivity contribution is -0.118. The number of aryl methyl sites for hydroxylation is 2. The van der Waals surface area contributed by atoms with E-state index in [4.69, 9.17) is 10.7 Å². The molecular formula is C20H32N4O. The van der Waals surface area contributed by atoms with Crippen molar-refractivity contribution >= 4 is 11.6 Å². The number of Topliss-reactive ketones (excluding diaryl/α,β-unsaturated/α-hetero) is 1. The van der Waals surface area contributed by atoms with Gasteiger partial charge in [0.25, 0.3) is 0 Å². The van der Waals surface area contributed by atoms with Crippen LogP contribution in [0.5, 0.6) is 0 Å². The molecule has 0 unspecified atom stereocenters. The number of pyridine rings is 1.